The third-order valence-corrected chi connectivity index (χ3v) is 5.12. The molecule has 0 spiro atoms. The number of aromatic carboxylic acids is 1. The van der Waals surface area contributed by atoms with Crippen molar-refractivity contribution >= 4 is 28.2 Å². The second-order valence-electron chi connectivity index (χ2n) is 6.44. The number of thiophene rings is 1. The molecular formula is C16H23NO3S. The van der Waals surface area contributed by atoms with Crippen molar-refractivity contribution in [2.45, 2.75) is 52.9 Å². The number of aryl methyl sites for hydroxylation is 1. The van der Waals surface area contributed by atoms with Crippen LogP contribution in [0.4, 0.5) is 5.00 Å². The molecule has 0 aliphatic heterocycles. The first-order chi connectivity index (χ1) is 9.84. The topological polar surface area (TPSA) is 66.4 Å². The van der Waals surface area contributed by atoms with Crippen molar-refractivity contribution in [3.05, 3.63) is 16.5 Å². The molecule has 1 amide bonds. The normalized spacial score (nSPS) is 17.1. The summed E-state index contributed by atoms with van der Waals surface area (Å²) in [6.07, 6.45) is 4.84. The highest BCUT2D eigenvalue weighted by atomic mass is 32.1. The predicted octanol–water partition coefficient (Wildman–Crippen LogP) is 4.30. The molecule has 0 bridgehead atoms. The Morgan fingerprint density at radius 2 is 2.00 bits per heavy atom. The highest BCUT2D eigenvalue weighted by molar-refractivity contribution is 7.16. The molecule has 0 saturated heterocycles. The summed E-state index contributed by atoms with van der Waals surface area (Å²) in [6, 6.07) is 1.62. The van der Waals surface area contributed by atoms with Crippen LogP contribution < -0.4 is 5.32 Å². The SMILES string of the molecule is Cc1cc(C(=O)O)c(NC(=O)C2(CC(C)C)CCCC2)s1. The number of carbonyl (C=O) groups excluding carboxylic acids is 1. The van der Waals surface area contributed by atoms with Crippen LogP contribution in [-0.4, -0.2) is 17.0 Å². The van der Waals surface area contributed by atoms with E-state index >= 15 is 0 Å². The molecule has 1 saturated carbocycles. The van der Waals surface area contributed by atoms with Gasteiger partial charge < -0.3 is 10.4 Å². The molecule has 1 aromatic heterocycles. The molecule has 1 aliphatic carbocycles. The first-order valence-corrected chi connectivity index (χ1v) is 8.31. The van der Waals surface area contributed by atoms with Crippen LogP contribution in [-0.2, 0) is 4.79 Å². The minimum atomic E-state index is -0.987. The van der Waals surface area contributed by atoms with Gasteiger partial charge in [0.1, 0.15) is 5.00 Å². The summed E-state index contributed by atoms with van der Waals surface area (Å²) in [7, 11) is 0. The Balaban J connectivity index is 2.21. The molecule has 0 atom stereocenters. The maximum Gasteiger partial charge on any atom is 0.338 e. The van der Waals surface area contributed by atoms with Crippen molar-refractivity contribution in [2.75, 3.05) is 5.32 Å². The maximum absolute atomic E-state index is 12.8. The Hall–Kier alpha value is -1.36. The minimum Gasteiger partial charge on any atom is -0.478 e. The summed E-state index contributed by atoms with van der Waals surface area (Å²) in [5, 5.41) is 12.6. The van der Waals surface area contributed by atoms with Gasteiger partial charge in [0.15, 0.2) is 0 Å². The number of hydrogen-bond donors (Lipinski definition) is 2. The van der Waals surface area contributed by atoms with E-state index < -0.39 is 5.97 Å². The van der Waals surface area contributed by atoms with Crippen LogP contribution in [0.1, 0.15) is 61.2 Å². The lowest BCUT2D eigenvalue weighted by atomic mass is 9.77. The van der Waals surface area contributed by atoms with Gasteiger partial charge in [0, 0.05) is 10.3 Å². The van der Waals surface area contributed by atoms with Gasteiger partial charge in [-0.05, 0) is 38.2 Å². The van der Waals surface area contributed by atoms with Crippen molar-refractivity contribution in [3.8, 4) is 0 Å². The van der Waals surface area contributed by atoms with Crippen LogP contribution in [0, 0.1) is 18.3 Å². The standard InChI is InChI=1S/C16H23NO3S/c1-10(2)9-16(6-4-5-7-16)15(20)17-13-12(14(18)19)8-11(3)21-13/h8,10H,4-7,9H2,1-3H3,(H,17,20)(H,18,19). The quantitative estimate of drug-likeness (QED) is 0.852. The molecule has 1 aromatic rings. The van der Waals surface area contributed by atoms with Crippen LogP contribution in [0.3, 0.4) is 0 Å². The number of amides is 1. The number of nitrogens with one attached hydrogen (secondary N) is 1. The van der Waals surface area contributed by atoms with Gasteiger partial charge in [-0.1, -0.05) is 26.7 Å². The lowest BCUT2D eigenvalue weighted by Gasteiger charge is -2.29. The summed E-state index contributed by atoms with van der Waals surface area (Å²) >= 11 is 1.33. The number of carbonyl (C=O) groups is 2. The van der Waals surface area contributed by atoms with E-state index in [2.05, 4.69) is 19.2 Å². The van der Waals surface area contributed by atoms with Gasteiger partial charge >= 0.3 is 5.97 Å². The first kappa shape index (κ1) is 16.0. The van der Waals surface area contributed by atoms with E-state index in [9.17, 15) is 14.7 Å². The molecule has 116 valence electrons. The molecule has 0 aromatic carbocycles. The van der Waals surface area contributed by atoms with Gasteiger partial charge in [-0.15, -0.1) is 11.3 Å². The molecule has 4 nitrogen and oxygen atoms in total. The van der Waals surface area contributed by atoms with E-state index in [4.69, 9.17) is 0 Å². The molecule has 0 unspecified atom stereocenters. The van der Waals surface area contributed by atoms with E-state index in [-0.39, 0.29) is 16.9 Å². The number of anilines is 1. The van der Waals surface area contributed by atoms with Crippen LogP contribution >= 0.6 is 11.3 Å². The van der Waals surface area contributed by atoms with Crippen LogP contribution in [0.2, 0.25) is 0 Å². The number of carboxylic acids is 1. The Kier molecular flexibility index (Phi) is 4.71. The van der Waals surface area contributed by atoms with Gasteiger partial charge in [-0.3, -0.25) is 4.79 Å². The van der Waals surface area contributed by atoms with Gasteiger partial charge in [0.2, 0.25) is 5.91 Å². The highest BCUT2D eigenvalue weighted by Gasteiger charge is 2.41. The van der Waals surface area contributed by atoms with Crippen LogP contribution in [0.25, 0.3) is 0 Å². The number of hydrogen-bond acceptors (Lipinski definition) is 3. The number of carboxylic acid groups (broad SMARTS) is 1. The lowest BCUT2D eigenvalue weighted by Crippen LogP contribution is -2.35. The second kappa shape index (κ2) is 6.18. The van der Waals surface area contributed by atoms with E-state index in [1.807, 2.05) is 6.92 Å². The lowest BCUT2D eigenvalue weighted by molar-refractivity contribution is -0.126. The fraction of sp³-hybridized carbons (Fsp3) is 0.625. The summed E-state index contributed by atoms with van der Waals surface area (Å²) in [5.41, 5.74) is -0.120. The Bertz CT molecular complexity index is 542. The summed E-state index contributed by atoms with van der Waals surface area (Å²) in [5.74, 6) is -0.533. The molecule has 2 rings (SSSR count). The minimum absolute atomic E-state index is 0.00181. The van der Waals surface area contributed by atoms with Crippen LogP contribution in [0.15, 0.2) is 6.07 Å². The van der Waals surface area contributed by atoms with Crippen molar-refractivity contribution in [1.29, 1.82) is 0 Å². The Morgan fingerprint density at radius 1 is 1.38 bits per heavy atom. The van der Waals surface area contributed by atoms with Gasteiger partial charge in [0.05, 0.1) is 5.56 Å². The average molecular weight is 309 g/mol. The zero-order valence-corrected chi connectivity index (χ0v) is 13.7. The Labute approximate surface area is 129 Å². The third-order valence-electron chi connectivity index (χ3n) is 4.15. The van der Waals surface area contributed by atoms with Crippen molar-refractivity contribution in [3.63, 3.8) is 0 Å². The molecule has 2 N–H and O–H groups in total. The largest absolute Gasteiger partial charge is 0.478 e. The first-order valence-electron chi connectivity index (χ1n) is 7.49. The zero-order chi connectivity index (χ0) is 15.6. The summed E-state index contributed by atoms with van der Waals surface area (Å²) in [6.45, 7) is 6.11. The van der Waals surface area contributed by atoms with Crippen LogP contribution in [0.5, 0.6) is 0 Å². The second-order valence-corrected chi connectivity index (χ2v) is 7.70. The summed E-state index contributed by atoms with van der Waals surface area (Å²) < 4.78 is 0. The number of rotatable bonds is 5. The average Bonchev–Trinajstić information content (AvgIpc) is 2.96. The Morgan fingerprint density at radius 3 is 2.52 bits per heavy atom. The molecule has 21 heavy (non-hydrogen) atoms. The third kappa shape index (κ3) is 3.46. The van der Waals surface area contributed by atoms with Crippen molar-refractivity contribution in [2.24, 2.45) is 11.3 Å². The maximum atomic E-state index is 12.8. The predicted molar refractivity (Wildman–Crippen MR) is 85.0 cm³/mol. The van der Waals surface area contributed by atoms with E-state index in [1.54, 1.807) is 6.07 Å². The molecule has 5 heteroatoms. The van der Waals surface area contributed by atoms with Crippen molar-refractivity contribution in [1.82, 2.24) is 0 Å². The fourth-order valence-electron chi connectivity index (χ4n) is 3.36. The smallest absolute Gasteiger partial charge is 0.338 e. The van der Waals surface area contributed by atoms with E-state index in [0.717, 1.165) is 37.0 Å². The molecule has 1 heterocycles. The molecule has 1 aliphatic rings. The van der Waals surface area contributed by atoms with Gasteiger partial charge in [-0.25, -0.2) is 4.79 Å². The van der Waals surface area contributed by atoms with Gasteiger partial charge in [-0.2, -0.15) is 0 Å². The fourth-order valence-corrected chi connectivity index (χ4v) is 4.26. The summed E-state index contributed by atoms with van der Waals surface area (Å²) in [4.78, 5) is 24.9. The van der Waals surface area contributed by atoms with E-state index in [1.165, 1.54) is 11.3 Å². The monoisotopic (exact) mass is 309 g/mol. The molecule has 1 fully saturated rings. The highest BCUT2D eigenvalue weighted by Crippen LogP contribution is 2.44. The molecular weight excluding hydrogens is 286 g/mol. The van der Waals surface area contributed by atoms with Crippen molar-refractivity contribution < 1.29 is 14.7 Å². The zero-order valence-electron chi connectivity index (χ0n) is 12.9. The molecule has 0 radical (unpaired) electrons. The van der Waals surface area contributed by atoms with E-state index in [0.29, 0.717) is 10.9 Å². The van der Waals surface area contributed by atoms with Gasteiger partial charge in [0.25, 0.3) is 0 Å².